The Morgan fingerprint density at radius 2 is 1.69 bits per heavy atom. The number of carbonyl (C=O) groups is 1. The SMILES string of the molecule is CCCCN(C(C)COC)N(C)[C@@H](COc1cc(-c2c(C)cccc2C)nc(NS(=O)(=O)c2cccc(C=O)c2)n1)CC(C)C. The number of methoxy groups -OCH3 is 1. The molecule has 1 aromatic heterocycles. The van der Waals surface area contributed by atoms with E-state index < -0.39 is 10.0 Å². The van der Waals surface area contributed by atoms with E-state index in [1.165, 1.54) is 18.2 Å². The highest BCUT2D eigenvalue weighted by molar-refractivity contribution is 7.92. The molecule has 0 spiro atoms. The molecule has 3 rings (SSSR count). The predicted molar refractivity (Wildman–Crippen MR) is 179 cm³/mol. The summed E-state index contributed by atoms with van der Waals surface area (Å²) < 4.78 is 41.1. The van der Waals surface area contributed by atoms with E-state index in [2.05, 4.69) is 59.5 Å². The molecule has 2 aromatic carbocycles. The second-order valence-electron chi connectivity index (χ2n) is 12.0. The molecule has 0 saturated heterocycles. The van der Waals surface area contributed by atoms with E-state index in [-0.39, 0.29) is 34.4 Å². The molecule has 0 saturated carbocycles. The van der Waals surface area contributed by atoms with Crippen LogP contribution in [0.3, 0.4) is 0 Å². The van der Waals surface area contributed by atoms with Gasteiger partial charge in [-0.25, -0.2) is 28.1 Å². The van der Waals surface area contributed by atoms with E-state index in [1.807, 2.05) is 32.0 Å². The van der Waals surface area contributed by atoms with Gasteiger partial charge in [-0.1, -0.05) is 57.5 Å². The highest BCUT2D eigenvalue weighted by Gasteiger charge is 2.27. The average Bonchev–Trinajstić information content (AvgIpc) is 2.99. The molecule has 11 heteroatoms. The van der Waals surface area contributed by atoms with Crippen molar-refractivity contribution in [3.63, 3.8) is 0 Å². The number of sulfonamides is 1. The number of unbranched alkanes of at least 4 members (excludes halogenated alkanes) is 1. The zero-order valence-electron chi connectivity index (χ0n) is 27.9. The van der Waals surface area contributed by atoms with Crippen LogP contribution < -0.4 is 9.46 Å². The first kappa shape index (κ1) is 36.1. The van der Waals surface area contributed by atoms with E-state index in [0.717, 1.165) is 42.5 Å². The molecule has 10 nitrogen and oxygen atoms in total. The van der Waals surface area contributed by atoms with Crippen molar-refractivity contribution in [2.45, 2.75) is 77.8 Å². The molecule has 246 valence electrons. The van der Waals surface area contributed by atoms with Gasteiger partial charge in [0.05, 0.1) is 23.2 Å². The number of aromatic nitrogens is 2. The molecular formula is C34H49N5O5S. The van der Waals surface area contributed by atoms with Gasteiger partial charge in [-0.3, -0.25) is 4.79 Å². The number of anilines is 1. The summed E-state index contributed by atoms with van der Waals surface area (Å²) in [6.07, 6.45) is 3.61. The molecule has 1 N–H and O–H groups in total. The van der Waals surface area contributed by atoms with Crippen LogP contribution in [0.1, 0.15) is 68.4 Å². The third-order valence-electron chi connectivity index (χ3n) is 7.73. The monoisotopic (exact) mass is 639 g/mol. The van der Waals surface area contributed by atoms with Gasteiger partial charge in [0.2, 0.25) is 11.8 Å². The van der Waals surface area contributed by atoms with Gasteiger partial charge >= 0.3 is 0 Å². The smallest absolute Gasteiger partial charge is 0.264 e. The summed E-state index contributed by atoms with van der Waals surface area (Å²) in [4.78, 5) is 20.3. The van der Waals surface area contributed by atoms with Gasteiger partial charge in [-0.2, -0.15) is 4.98 Å². The maximum atomic E-state index is 13.3. The van der Waals surface area contributed by atoms with Gasteiger partial charge in [0, 0.05) is 43.9 Å². The largest absolute Gasteiger partial charge is 0.476 e. The van der Waals surface area contributed by atoms with Gasteiger partial charge in [0.25, 0.3) is 10.0 Å². The number of hydrogen-bond donors (Lipinski definition) is 1. The molecular weight excluding hydrogens is 590 g/mol. The number of carbonyl (C=O) groups excluding carboxylic acids is 1. The molecule has 0 aliphatic heterocycles. The first-order chi connectivity index (χ1) is 21.4. The molecule has 0 aliphatic rings. The molecule has 0 aliphatic carbocycles. The molecule has 3 aromatic rings. The average molecular weight is 640 g/mol. The summed E-state index contributed by atoms with van der Waals surface area (Å²) in [6, 6.07) is 13.7. The van der Waals surface area contributed by atoms with Crippen LogP contribution in [-0.4, -0.2) is 80.7 Å². The summed E-state index contributed by atoms with van der Waals surface area (Å²) in [5, 5.41) is 4.61. The lowest BCUT2D eigenvalue weighted by Crippen LogP contribution is -2.54. The van der Waals surface area contributed by atoms with Crippen LogP contribution in [0, 0.1) is 19.8 Å². The Morgan fingerprint density at radius 1 is 1.00 bits per heavy atom. The lowest BCUT2D eigenvalue weighted by atomic mass is 10.00. The standard InChI is InChI=1S/C34H49N5O5S/c1-9-10-17-39(27(6)22-43-8)38(7)29(18-24(2)3)23-44-32-20-31(33-25(4)13-11-14-26(33)5)35-34(36-32)37-45(41,42)30-16-12-15-28(19-30)21-40/h11-16,19-21,24,27,29H,9-10,17-18,22-23H2,1-8H3,(H,35,36,37)/t27?,29-/m1/s1. The minimum atomic E-state index is -4.09. The topological polar surface area (TPSA) is 114 Å². The number of nitrogens with zero attached hydrogens (tertiary/aromatic N) is 4. The van der Waals surface area contributed by atoms with Crippen molar-refractivity contribution < 1.29 is 22.7 Å². The van der Waals surface area contributed by atoms with Gasteiger partial charge < -0.3 is 9.47 Å². The third-order valence-corrected chi connectivity index (χ3v) is 9.05. The highest BCUT2D eigenvalue weighted by atomic mass is 32.2. The van der Waals surface area contributed by atoms with Crippen LogP contribution in [0.5, 0.6) is 5.88 Å². The van der Waals surface area contributed by atoms with E-state index in [0.29, 0.717) is 31.1 Å². The number of rotatable bonds is 18. The zero-order valence-corrected chi connectivity index (χ0v) is 28.7. The zero-order chi connectivity index (χ0) is 33.1. The Bertz CT molecular complexity index is 1490. The van der Waals surface area contributed by atoms with Gasteiger partial charge in [-0.05, 0) is 62.8 Å². The van der Waals surface area contributed by atoms with E-state index >= 15 is 0 Å². The van der Waals surface area contributed by atoms with Crippen LogP contribution in [0.2, 0.25) is 0 Å². The summed E-state index contributed by atoms with van der Waals surface area (Å²) in [7, 11) is -0.284. The van der Waals surface area contributed by atoms with Crippen molar-refractivity contribution in [2.24, 2.45) is 5.92 Å². The molecule has 1 heterocycles. The number of likely N-dealkylation sites (N-methyl/N-ethyl adjacent to an activating group) is 1. The van der Waals surface area contributed by atoms with Crippen molar-refractivity contribution in [2.75, 3.05) is 38.6 Å². The van der Waals surface area contributed by atoms with Crippen LogP contribution in [0.4, 0.5) is 5.95 Å². The number of benzene rings is 2. The van der Waals surface area contributed by atoms with E-state index in [4.69, 9.17) is 9.47 Å². The molecule has 2 atom stereocenters. The van der Waals surface area contributed by atoms with Gasteiger partial charge in [0.1, 0.15) is 12.9 Å². The molecule has 0 amide bonds. The number of ether oxygens (including phenoxy) is 2. The molecule has 45 heavy (non-hydrogen) atoms. The summed E-state index contributed by atoms with van der Waals surface area (Å²) in [6.45, 7) is 14.5. The van der Waals surface area contributed by atoms with Crippen LogP contribution in [0.15, 0.2) is 53.4 Å². The first-order valence-electron chi connectivity index (χ1n) is 15.5. The van der Waals surface area contributed by atoms with Crippen molar-refractivity contribution in [1.29, 1.82) is 0 Å². The fourth-order valence-corrected chi connectivity index (χ4v) is 6.42. The number of hydrazine groups is 1. The summed E-state index contributed by atoms with van der Waals surface area (Å²) in [5.41, 5.74) is 3.65. The third kappa shape index (κ3) is 10.1. The van der Waals surface area contributed by atoms with Crippen molar-refractivity contribution >= 4 is 22.3 Å². The van der Waals surface area contributed by atoms with Crippen LogP contribution in [-0.2, 0) is 14.8 Å². The normalized spacial score (nSPS) is 13.3. The minimum Gasteiger partial charge on any atom is -0.476 e. The lowest BCUT2D eigenvalue weighted by Gasteiger charge is -2.41. The maximum Gasteiger partial charge on any atom is 0.264 e. The highest BCUT2D eigenvalue weighted by Crippen LogP contribution is 2.30. The van der Waals surface area contributed by atoms with Crippen molar-refractivity contribution in [3.8, 4) is 17.1 Å². The van der Waals surface area contributed by atoms with Crippen molar-refractivity contribution in [1.82, 2.24) is 20.0 Å². The van der Waals surface area contributed by atoms with Crippen LogP contribution >= 0.6 is 0 Å². The Balaban J connectivity index is 2.01. The van der Waals surface area contributed by atoms with Crippen LogP contribution in [0.25, 0.3) is 11.3 Å². The second-order valence-corrected chi connectivity index (χ2v) is 13.6. The fourth-order valence-electron chi connectivity index (χ4n) is 5.43. The van der Waals surface area contributed by atoms with E-state index in [9.17, 15) is 13.2 Å². The Kier molecular flexibility index (Phi) is 13.5. The molecule has 1 unspecified atom stereocenters. The maximum absolute atomic E-state index is 13.3. The summed E-state index contributed by atoms with van der Waals surface area (Å²) in [5.74, 6) is 0.551. The Morgan fingerprint density at radius 3 is 2.31 bits per heavy atom. The van der Waals surface area contributed by atoms with Gasteiger partial charge in [-0.15, -0.1) is 0 Å². The quantitative estimate of drug-likeness (QED) is 0.129. The number of nitrogens with one attached hydrogen (secondary N) is 1. The second kappa shape index (κ2) is 16.8. The minimum absolute atomic E-state index is 0.0194. The molecule has 0 radical (unpaired) electrons. The Hall–Kier alpha value is -3.38. The Labute approximate surface area is 269 Å². The lowest BCUT2D eigenvalue weighted by molar-refractivity contribution is -0.0963. The number of hydrogen-bond acceptors (Lipinski definition) is 9. The van der Waals surface area contributed by atoms with Crippen molar-refractivity contribution in [3.05, 3.63) is 65.2 Å². The first-order valence-corrected chi connectivity index (χ1v) is 17.0. The molecule has 0 fully saturated rings. The summed E-state index contributed by atoms with van der Waals surface area (Å²) >= 11 is 0. The fraction of sp³-hybridized carbons (Fsp3) is 0.500. The number of aldehydes is 1. The van der Waals surface area contributed by atoms with E-state index in [1.54, 1.807) is 19.2 Å². The molecule has 0 bridgehead atoms. The number of aryl methyl sites for hydroxylation is 2. The predicted octanol–water partition coefficient (Wildman–Crippen LogP) is 6.15. The van der Waals surface area contributed by atoms with Gasteiger partial charge in [0.15, 0.2) is 0 Å².